The fourth-order valence-corrected chi connectivity index (χ4v) is 1.57. The van der Waals surface area contributed by atoms with Gasteiger partial charge >= 0.3 is 18.1 Å². The molecule has 0 aliphatic heterocycles. The topological polar surface area (TPSA) is 57.6 Å². The molecule has 0 saturated carbocycles. The first kappa shape index (κ1) is 15.3. The van der Waals surface area contributed by atoms with Crippen molar-refractivity contribution in [1.29, 1.82) is 0 Å². The Hall–Kier alpha value is -1.76. The van der Waals surface area contributed by atoms with Crippen LogP contribution in [0.1, 0.15) is 5.56 Å². The van der Waals surface area contributed by atoms with Crippen LogP contribution in [0.3, 0.4) is 0 Å². The lowest BCUT2D eigenvalue weighted by Crippen LogP contribution is -2.43. The van der Waals surface area contributed by atoms with E-state index in [0.29, 0.717) is 0 Å². The van der Waals surface area contributed by atoms with Crippen molar-refractivity contribution >= 4 is 23.5 Å². The van der Waals surface area contributed by atoms with Crippen molar-refractivity contribution in [2.45, 2.75) is 12.7 Å². The molecule has 0 aromatic heterocycles. The van der Waals surface area contributed by atoms with Gasteiger partial charge in [-0.2, -0.15) is 13.2 Å². The highest BCUT2D eigenvalue weighted by atomic mass is 35.5. The molecule has 0 bridgehead atoms. The fraction of sp³-hybridized carbons (Fsp3) is 0.273. The molecule has 1 aromatic rings. The van der Waals surface area contributed by atoms with Crippen molar-refractivity contribution in [3.8, 4) is 0 Å². The van der Waals surface area contributed by atoms with Crippen molar-refractivity contribution in [3.05, 3.63) is 34.9 Å². The summed E-state index contributed by atoms with van der Waals surface area (Å²) in [5, 5.41) is 8.71. The minimum Gasteiger partial charge on any atom is -0.480 e. The van der Waals surface area contributed by atoms with E-state index in [2.05, 4.69) is 0 Å². The van der Waals surface area contributed by atoms with Crippen LogP contribution >= 0.6 is 11.6 Å². The van der Waals surface area contributed by atoms with Crippen molar-refractivity contribution in [3.63, 3.8) is 0 Å². The zero-order chi connectivity index (χ0) is 14.6. The minimum atomic E-state index is -5.13. The number of aliphatic carboxylic acids is 1. The molecule has 8 heteroatoms. The molecule has 1 aromatic carbocycles. The van der Waals surface area contributed by atoms with Crippen LogP contribution in [-0.4, -0.2) is 34.6 Å². The highest BCUT2D eigenvalue weighted by molar-refractivity contribution is 6.31. The molecule has 0 heterocycles. The molecule has 0 unspecified atom stereocenters. The van der Waals surface area contributed by atoms with E-state index in [1.807, 2.05) is 0 Å². The van der Waals surface area contributed by atoms with Crippen molar-refractivity contribution in [1.82, 2.24) is 4.90 Å². The van der Waals surface area contributed by atoms with E-state index in [1.165, 1.54) is 18.2 Å². The molecule has 19 heavy (non-hydrogen) atoms. The summed E-state index contributed by atoms with van der Waals surface area (Å²) in [6, 6.07) is 5.95. The van der Waals surface area contributed by atoms with E-state index in [-0.39, 0.29) is 15.5 Å². The average Bonchev–Trinajstić information content (AvgIpc) is 2.28. The highest BCUT2D eigenvalue weighted by Gasteiger charge is 2.43. The van der Waals surface area contributed by atoms with E-state index in [4.69, 9.17) is 16.7 Å². The zero-order valence-electron chi connectivity index (χ0n) is 9.45. The van der Waals surface area contributed by atoms with Gasteiger partial charge in [0, 0.05) is 11.6 Å². The summed E-state index contributed by atoms with van der Waals surface area (Å²) in [5.41, 5.74) is 0.239. The number of alkyl halides is 3. The quantitative estimate of drug-likeness (QED) is 0.927. The Balaban J connectivity index is 2.96. The van der Waals surface area contributed by atoms with Gasteiger partial charge in [0.2, 0.25) is 0 Å². The number of nitrogens with zero attached hydrogens (tertiary/aromatic N) is 1. The van der Waals surface area contributed by atoms with Gasteiger partial charge in [-0.1, -0.05) is 29.8 Å². The second-order valence-electron chi connectivity index (χ2n) is 3.64. The maximum atomic E-state index is 12.3. The number of hydrogen-bond acceptors (Lipinski definition) is 2. The lowest BCUT2D eigenvalue weighted by molar-refractivity contribution is -0.187. The van der Waals surface area contributed by atoms with E-state index < -0.39 is 31.1 Å². The van der Waals surface area contributed by atoms with E-state index >= 15 is 0 Å². The SMILES string of the molecule is O=C(O)CN(Cc1ccccc1Cl)C(=O)C(F)(F)F. The summed E-state index contributed by atoms with van der Waals surface area (Å²) in [6.45, 7) is -1.58. The number of amides is 1. The van der Waals surface area contributed by atoms with Gasteiger partial charge in [0.1, 0.15) is 6.54 Å². The standard InChI is InChI=1S/C11H9ClF3NO3/c12-8-4-2-1-3-7(8)5-16(6-9(17)18)10(19)11(13,14)15/h1-4H,5-6H2,(H,17,18). The van der Waals surface area contributed by atoms with Crippen LogP contribution in [0.4, 0.5) is 13.2 Å². The van der Waals surface area contributed by atoms with Crippen LogP contribution < -0.4 is 0 Å². The van der Waals surface area contributed by atoms with Crippen LogP contribution in [-0.2, 0) is 16.1 Å². The fourth-order valence-electron chi connectivity index (χ4n) is 1.37. The molecule has 0 fully saturated rings. The number of carbonyl (C=O) groups excluding carboxylic acids is 1. The van der Waals surface area contributed by atoms with Crippen LogP contribution in [0.2, 0.25) is 5.02 Å². The number of carbonyl (C=O) groups is 2. The average molecular weight is 296 g/mol. The van der Waals surface area contributed by atoms with Gasteiger partial charge in [0.05, 0.1) is 0 Å². The monoisotopic (exact) mass is 295 g/mol. The molecule has 1 N–H and O–H groups in total. The van der Waals surface area contributed by atoms with Gasteiger partial charge in [-0.25, -0.2) is 0 Å². The summed E-state index contributed by atoms with van der Waals surface area (Å²) in [5.74, 6) is -3.75. The Morgan fingerprint density at radius 3 is 2.32 bits per heavy atom. The summed E-state index contributed by atoms with van der Waals surface area (Å²) < 4.78 is 37.0. The predicted molar refractivity (Wildman–Crippen MR) is 60.6 cm³/mol. The Kier molecular flexibility index (Phi) is 4.77. The maximum Gasteiger partial charge on any atom is 0.471 e. The number of rotatable bonds is 4. The molecular formula is C11H9ClF3NO3. The largest absolute Gasteiger partial charge is 0.480 e. The predicted octanol–water partition coefficient (Wildman–Crippen LogP) is 2.32. The second kappa shape index (κ2) is 5.92. The zero-order valence-corrected chi connectivity index (χ0v) is 10.2. The van der Waals surface area contributed by atoms with Gasteiger partial charge in [-0.3, -0.25) is 9.59 Å². The van der Waals surface area contributed by atoms with E-state index in [1.54, 1.807) is 6.07 Å². The number of halogens is 4. The van der Waals surface area contributed by atoms with Gasteiger partial charge in [-0.15, -0.1) is 0 Å². The molecule has 0 aliphatic rings. The summed E-state index contributed by atoms with van der Waals surface area (Å²) in [4.78, 5) is 21.8. The van der Waals surface area contributed by atoms with Crippen LogP contribution in [0.15, 0.2) is 24.3 Å². The summed E-state index contributed by atoms with van der Waals surface area (Å²) in [7, 11) is 0. The van der Waals surface area contributed by atoms with E-state index in [9.17, 15) is 22.8 Å². The number of carboxylic acid groups (broad SMARTS) is 1. The van der Waals surface area contributed by atoms with Crippen LogP contribution in [0.5, 0.6) is 0 Å². The first-order valence-corrected chi connectivity index (χ1v) is 5.41. The molecule has 0 atom stereocenters. The van der Waals surface area contributed by atoms with Crippen molar-refractivity contribution in [2.75, 3.05) is 6.54 Å². The third-order valence-electron chi connectivity index (χ3n) is 2.17. The normalized spacial score (nSPS) is 11.2. The van der Waals surface area contributed by atoms with Gasteiger partial charge in [0.15, 0.2) is 0 Å². The number of benzene rings is 1. The van der Waals surface area contributed by atoms with Crippen molar-refractivity contribution in [2.24, 2.45) is 0 Å². The first-order valence-electron chi connectivity index (χ1n) is 5.03. The van der Waals surface area contributed by atoms with Crippen LogP contribution in [0, 0.1) is 0 Å². The molecule has 0 radical (unpaired) electrons. The minimum absolute atomic E-state index is 0.160. The summed E-state index contributed by atoms with van der Waals surface area (Å²) in [6.07, 6.45) is -5.13. The smallest absolute Gasteiger partial charge is 0.471 e. The number of carboxylic acids is 1. The Bertz CT molecular complexity index is 490. The summed E-state index contributed by atoms with van der Waals surface area (Å²) >= 11 is 5.76. The highest BCUT2D eigenvalue weighted by Crippen LogP contribution is 2.22. The Morgan fingerprint density at radius 1 is 1.26 bits per heavy atom. The van der Waals surface area contributed by atoms with E-state index in [0.717, 1.165) is 0 Å². The second-order valence-corrected chi connectivity index (χ2v) is 4.05. The third-order valence-corrected chi connectivity index (χ3v) is 2.54. The molecule has 104 valence electrons. The molecule has 0 aliphatic carbocycles. The molecule has 0 saturated heterocycles. The first-order chi connectivity index (χ1) is 8.71. The molecular weight excluding hydrogens is 287 g/mol. The lowest BCUT2D eigenvalue weighted by Gasteiger charge is -2.22. The van der Waals surface area contributed by atoms with Crippen molar-refractivity contribution < 1.29 is 27.9 Å². The molecule has 1 rings (SSSR count). The van der Waals surface area contributed by atoms with Gasteiger partial charge in [0.25, 0.3) is 0 Å². The lowest BCUT2D eigenvalue weighted by atomic mass is 10.2. The maximum absolute atomic E-state index is 12.3. The van der Waals surface area contributed by atoms with Crippen LogP contribution in [0.25, 0.3) is 0 Å². The Morgan fingerprint density at radius 2 is 1.84 bits per heavy atom. The Labute approximate surface area is 111 Å². The molecule has 0 spiro atoms. The molecule has 4 nitrogen and oxygen atoms in total. The number of hydrogen-bond donors (Lipinski definition) is 1. The van der Waals surface area contributed by atoms with Gasteiger partial charge in [-0.05, 0) is 11.6 Å². The van der Waals surface area contributed by atoms with Gasteiger partial charge < -0.3 is 10.0 Å². The molecule has 1 amide bonds. The third kappa shape index (κ3) is 4.44.